The molecule has 1 rings (SSSR count). The van der Waals surface area contributed by atoms with Crippen molar-refractivity contribution in [2.75, 3.05) is 0 Å². The topological polar surface area (TPSA) is 12.0 Å². The highest BCUT2D eigenvalue weighted by molar-refractivity contribution is 8.05. The molecule has 0 saturated heterocycles. The summed E-state index contributed by atoms with van der Waals surface area (Å²) in [5.74, 6) is 0.717. The van der Waals surface area contributed by atoms with Gasteiger partial charge in [-0.2, -0.15) is 0 Å². The smallest absolute Gasteiger partial charge is 0.0107 e. The van der Waals surface area contributed by atoms with E-state index in [1.54, 1.807) is 0 Å². The predicted octanol–water partition coefficient (Wildman–Crippen LogP) is 3.85. The van der Waals surface area contributed by atoms with Crippen LogP contribution in [0.5, 0.6) is 0 Å². The maximum atomic E-state index is 3.14. The largest absolute Gasteiger partial charge is 0.366 e. The summed E-state index contributed by atoms with van der Waals surface area (Å²) >= 11 is 1.85. The normalized spacial score (nSPS) is 17.8. The molecule has 0 aliphatic carbocycles. The highest BCUT2D eigenvalue weighted by Crippen LogP contribution is 2.29. The van der Waals surface area contributed by atoms with E-state index < -0.39 is 0 Å². The van der Waals surface area contributed by atoms with Gasteiger partial charge in [0, 0.05) is 17.3 Å². The number of nitrogens with one attached hydrogen (secondary N) is 1. The van der Waals surface area contributed by atoms with Gasteiger partial charge in [-0.1, -0.05) is 44.9 Å². The van der Waals surface area contributed by atoms with Crippen LogP contribution >= 0.6 is 11.8 Å². The molecule has 1 heterocycles. The summed E-state index contributed by atoms with van der Waals surface area (Å²) < 4.78 is 0. The molecule has 0 aromatic carbocycles. The van der Waals surface area contributed by atoms with E-state index in [0.717, 1.165) is 0 Å². The standard InChI is InChI=1S/C11H19NS/c1-3-4-5-6-10(2)11-9-12-7-8-13-11/h7-10,12H,3-6H2,1-2H3. The Labute approximate surface area is 85.7 Å². The number of hydrogen-bond acceptors (Lipinski definition) is 2. The van der Waals surface area contributed by atoms with Gasteiger partial charge in [0.2, 0.25) is 0 Å². The highest BCUT2D eigenvalue weighted by atomic mass is 32.2. The van der Waals surface area contributed by atoms with Crippen molar-refractivity contribution in [3.8, 4) is 0 Å². The zero-order valence-corrected chi connectivity index (χ0v) is 9.36. The van der Waals surface area contributed by atoms with Crippen LogP contribution < -0.4 is 5.32 Å². The van der Waals surface area contributed by atoms with Crippen molar-refractivity contribution >= 4 is 11.8 Å². The molecule has 0 saturated carbocycles. The second-order valence-corrected chi connectivity index (χ2v) is 4.51. The van der Waals surface area contributed by atoms with E-state index in [2.05, 4.69) is 30.8 Å². The summed E-state index contributed by atoms with van der Waals surface area (Å²) in [4.78, 5) is 1.47. The number of hydrogen-bond donors (Lipinski definition) is 1. The third kappa shape index (κ3) is 3.90. The van der Waals surface area contributed by atoms with Gasteiger partial charge in [-0.15, -0.1) is 0 Å². The molecular formula is C11H19NS. The van der Waals surface area contributed by atoms with Gasteiger partial charge in [0.05, 0.1) is 0 Å². The van der Waals surface area contributed by atoms with Gasteiger partial charge >= 0.3 is 0 Å². The van der Waals surface area contributed by atoms with Crippen molar-refractivity contribution in [1.82, 2.24) is 5.32 Å². The van der Waals surface area contributed by atoms with E-state index in [1.807, 2.05) is 18.0 Å². The van der Waals surface area contributed by atoms with Crippen LogP contribution in [0.1, 0.15) is 39.5 Å². The molecule has 1 N–H and O–H groups in total. The van der Waals surface area contributed by atoms with Crippen LogP contribution in [0.25, 0.3) is 0 Å². The Morgan fingerprint density at radius 2 is 2.31 bits per heavy atom. The summed E-state index contributed by atoms with van der Waals surface area (Å²) in [6.07, 6.45) is 9.47. The summed E-state index contributed by atoms with van der Waals surface area (Å²) in [7, 11) is 0. The molecule has 1 unspecified atom stereocenters. The molecule has 2 heteroatoms. The molecular weight excluding hydrogens is 178 g/mol. The van der Waals surface area contributed by atoms with Gasteiger partial charge in [-0.25, -0.2) is 0 Å². The van der Waals surface area contributed by atoms with Gasteiger partial charge in [-0.05, 0) is 17.7 Å². The van der Waals surface area contributed by atoms with Crippen molar-refractivity contribution in [3.63, 3.8) is 0 Å². The van der Waals surface area contributed by atoms with Crippen LogP contribution in [0.15, 0.2) is 22.7 Å². The lowest BCUT2D eigenvalue weighted by atomic mass is 10.0. The van der Waals surface area contributed by atoms with Crippen LogP contribution in [-0.4, -0.2) is 0 Å². The second-order valence-electron chi connectivity index (χ2n) is 3.53. The first-order chi connectivity index (χ1) is 6.34. The van der Waals surface area contributed by atoms with Gasteiger partial charge in [-0.3, -0.25) is 0 Å². The monoisotopic (exact) mass is 197 g/mol. The van der Waals surface area contributed by atoms with E-state index in [0.29, 0.717) is 5.92 Å². The first-order valence-corrected chi connectivity index (χ1v) is 6.00. The Kier molecular flexibility index (Phi) is 5.06. The number of rotatable bonds is 5. The molecule has 13 heavy (non-hydrogen) atoms. The van der Waals surface area contributed by atoms with Crippen molar-refractivity contribution < 1.29 is 0 Å². The van der Waals surface area contributed by atoms with Crippen LogP contribution in [0.4, 0.5) is 0 Å². The predicted molar refractivity (Wildman–Crippen MR) is 61.3 cm³/mol. The Balaban J connectivity index is 2.22. The van der Waals surface area contributed by atoms with Gasteiger partial charge in [0.15, 0.2) is 0 Å². The SMILES string of the molecule is CCCCCC(C)C1=CNC=CS1. The Morgan fingerprint density at radius 3 is 2.92 bits per heavy atom. The molecule has 1 nitrogen and oxygen atoms in total. The lowest BCUT2D eigenvalue weighted by molar-refractivity contribution is 0.569. The minimum atomic E-state index is 0.717. The molecule has 1 atom stereocenters. The lowest BCUT2D eigenvalue weighted by Gasteiger charge is -2.16. The highest BCUT2D eigenvalue weighted by Gasteiger charge is 2.09. The van der Waals surface area contributed by atoms with Crippen LogP contribution in [0.3, 0.4) is 0 Å². The van der Waals surface area contributed by atoms with Crippen LogP contribution in [-0.2, 0) is 0 Å². The van der Waals surface area contributed by atoms with Crippen molar-refractivity contribution in [2.45, 2.75) is 39.5 Å². The first-order valence-electron chi connectivity index (χ1n) is 5.12. The third-order valence-electron chi connectivity index (χ3n) is 2.32. The third-order valence-corrected chi connectivity index (χ3v) is 3.38. The molecule has 0 amide bonds. The molecule has 74 valence electrons. The van der Waals surface area contributed by atoms with Crippen molar-refractivity contribution in [3.05, 3.63) is 22.7 Å². The molecule has 0 bridgehead atoms. The Bertz CT molecular complexity index is 196. The van der Waals surface area contributed by atoms with Crippen molar-refractivity contribution in [2.24, 2.45) is 5.92 Å². The molecule has 0 fully saturated rings. The summed E-state index contributed by atoms with van der Waals surface area (Å²) in [5, 5.41) is 5.26. The lowest BCUT2D eigenvalue weighted by Crippen LogP contribution is -2.04. The minimum Gasteiger partial charge on any atom is -0.366 e. The van der Waals surface area contributed by atoms with E-state index in [9.17, 15) is 0 Å². The van der Waals surface area contributed by atoms with E-state index in [1.165, 1.54) is 30.6 Å². The Hall–Kier alpha value is -0.370. The van der Waals surface area contributed by atoms with Gasteiger partial charge < -0.3 is 5.32 Å². The quantitative estimate of drug-likeness (QED) is 0.672. The fourth-order valence-electron chi connectivity index (χ4n) is 1.42. The molecule has 0 aromatic heterocycles. The van der Waals surface area contributed by atoms with Crippen molar-refractivity contribution in [1.29, 1.82) is 0 Å². The first kappa shape index (κ1) is 10.7. The maximum absolute atomic E-state index is 3.14. The molecule has 0 spiro atoms. The molecule has 0 aromatic rings. The Morgan fingerprint density at radius 1 is 1.46 bits per heavy atom. The molecule has 1 aliphatic heterocycles. The van der Waals surface area contributed by atoms with E-state index in [4.69, 9.17) is 0 Å². The zero-order valence-electron chi connectivity index (χ0n) is 8.55. The van der Waals surface area contributed by atoms with Gasteiger partial charge in [0.25, 0.3) is 0 Å². The van der Waals surface area contributed by atoms with E-state index in [-0.39, 0.29) is 0 Å². The molecule has 0 radical (unpaired) electrons. The zero-order chi connectivity index (χ0) is 9.52. The summed E-state index contributed by atoms with van der Waals surface area (Å²) in [5.41, 5.74) is 0. The minimum absolute atomic E-state index is 0.717. The fourth-order valence-corrected chi connectivity index (χ4v) is 2.21. The van der Waals surface area contributed by atoms with E-state index >= 15 is 0 Å². The summed E-state index contributed by atoms with van der Waals surface area (Å²) in [6, 6.07) is 0. The fraction of sp³-hybridized carbons (Fsp3) is 0.636. The number of thioether (sulfide) groups is 1. The van der Waals surface area contributed by atoms with Crippen LogP contribution in [0, 0.1) is 5.92 Å². The number of allylic oxidation sites excluding steroid dienone is 1. The number of unbranched alkanes of at least 4 members (excludes halogenated alkanes) is 2. The average Bonchev–Trinajstić information content (AvgIpc) is 2.19. The van der Waals surface area contributed by atoms with Crippen LogP contribution in [0.2, 0.25) is 0 Å². The summed E-state index contributed by atoms with van der Waals surface area (Å²) in [6.45, 7) is 4.57. The average molecular weight is 197 g/mol. The second kappa shape index (κ2) is 6.14. The maximum Gasteiger partial charge on any atom is 0.0107 e. The molecule has 1 aliphatic rings. The van der Waals surface area contributed by atoms with Gasteiger partial charge in [0.1, 0.15) is 0 Å².